The van der Waals surface area contributed by atoms with Gasteiger partial charge in [0.1, 0.15) is 0 Å². The number of nitrogens with zero attached hydrogens (tertiary/aromatic N) is 2. The molecule has 1 amide bonds. The Balaban J connectivity index is 2.70. The Morgan fingerprint density at radius 2 is 2.19 bits per heavy atom. The van der Waals surface area contributed by atoms with Gasteiger partial charge in [0.25, 0.3) is 5.91 Å². The van der Waals surface area contributed by atoms with E-state index < -0.39 is 0 Å². The Bertz CT molecular complexity index is 573. The normalized spacial score (nSPS) is 10.4. The summed E-state index contributed by atoms with van der Waals surface area (Å²) in [5.74, 6) is -0.335. The number of fused-ring (bicyclic) bond motifs is 1. The van der Waals surface area contributed by atoms with Crippen LogP contribution in [0.3, 0.4) is 0 Å². The van der Waals surface area contributed by atoms with Crippen LogP contribution in [0.25, 0.3) is 10.9 Å². The Hall–Kier alpha value is -0.950. The molecule has 0 aliphatic heterocycles. The lowest BCUT2D eigenvalue weighted by Crippen LogP contribution is -2.20. The predicted octanol–water partition coefficient (Wildman–Crippen LogP) is 2.25. The number of halogens is 2. The van der Waals surface area contributed by atoms with E-state index in [9.17, 15) is 4.79 Å². The Kier molecular flexibility index (Phi) is 3.25. The lowest BCUT2D eigenvalue weighted by Gasteiger charge is -2.04. The number of rotatable bonds is 1. The van der Waals surface area contributed by atoms with Gasteiger partial charge in [-0.2, -0.15) is 0 Å². The van der Waals surface area contributed by atoms with Crippen molar-refractivity contribution in [2.75, 3.05) is 7.05 Å². The molecule has 0 aliphatic rings. The molecule has 1 heterocycles. The topological polar surface area (TPSA) is 54.9 Å². The number of hydrogen-bond acceptors (Lipinski definition) is 3. The molecular weight excluding hydrogens is 340 g/mol. The van der Waals surface area contributed by atoms with Crippen molar-refractivity contribution in [3.8, 4) is 0 Å². The average Bonchev–Trinajstić information content (AvgIpc) is 2.28. The molecular formula is C10H7ClIN3O. The number of benzene rings is 1. The maximum Gasteiger partial charge on any atom is 0.273 e. The van der Waals surface area contributed by atoms with Gasteiger partial charge in [-0.3, -0.25) is 4.79 Å². The van der Waals surface area contributed by atoms with Crippen LogP contribution in [0.5, 0.6) is 0 Å². The van der Waals surface area contributed by atoms with Gasteiger partial charge in [-0.25, -0.2) is 0 Å². The minimum atomic E-state index is -0.335. The first kappa shape index (κ1) is 11.5. The highest BCUT2D eigenvalue weighted by Gasteiger charge is 2.14. The van der Waals surface area contributed by atoms with Crippen molar-refractivity contribution < 1.29 is 4.79 Å². The van der Waals surface area contributed by atoms with E-state index in [0.29, 0.717) is 10.5 Å². The Labute approximate surface area is 111 Å². The summed E-state index contributed by atoms with van der Waals surface area (Å²) >= 11 is 8.28. The highest BCUT2D eigenvalue weighted by molar-refractivity contribution is 14.1. The van der Waals surface area contributed by atoms with E-state index >= 15 is 0 Å². The van der Waals surface area contributed by atoms with Crippen LogP contribution in [-0.2, 0) is 0 Å². The third kappa shape index (κ3) is 1.97. The SMILES string of the molecule is CNC(=O)c1nnc2cc(I)ccc2c1Cl. The summed E-state index contributed by atoms with van der Waals surface area (Å²) in [6.07, 6.45) is 0. The molecule has 82 valence electrons. The van der Waals surface area contributed by atoms with Crippen LogP contribution < -0.4 is 5.32 Å². The first-order chi connectivity index (χ1) is 7.63. The van der Waals surface area contributed by atoms with Crippen LogP contribution in [0.2, 0.25) is 5.02 Å². The molecule has 0 bridgehead atoms. The van der Waals surface area contributed by atoms with Gasteiger partial charge in [0.2, 0.25) is 0 Å². The van der Waals surface area contributed by atoms with E-state index in [1.165, 1.54) is 7.05 Å². The second-order valence-corrected chi connectivity index (χ2v) is 4.73. The second-order valence-electron chi connectivity index (χ2n) is 3.10. The summed E-state index contributed by atoms with van der Waals surface area (Å²) in [6, 6.07) is 5.60. The van der Waals surface area contributed by atoms with Crippen LogP contribution in [-0.4, -0.2) is 23.2 Å². The summed E-state index contributed by atoms with van der Waals surface area (Å²) < 4.78 is 1.04. The van der Waals surface area contributed by atoms with Gasteiger partial charge >= 0.3 is 0 Å². The fraction of sp³-hybridized carbons (Fsp3) is 0.100. The zero-order valence-corrected chi connectivity index (χ0v) is 11.2. The van der Waals surface area contributed by atoms with Gasteiger partial charge < -0.3 is 5.32 Å². The molecule has 0 radical (unpaired) electrons. The minimum absolute atomic E-state index is 0.151. The molecule has 1 aromatic heterocycles. The van der Waals surface area contributed by atoms with E-state index in [1.54, 1.807) is 0 Å². The van der Waals surface area contributed by atoms with Gasteiger partial charge in [-0.05, 0) is 34.7 Å². The molecule has 2 aromatic rings. The molecule has 0 saturated heterocycles. The lowest BCUT2D eigenvalue weighted by molar-refractivity contribution is 0.0957. The van der Waals surface area contributed by atoms with Gasteiger partial charge in [0.15, 0.2) is 5.69 Å². The maximum atomic E-state index is 11.4. The van der Waals surface area contributed by atoms with Crippen molar-refractivity contribution in [2.45, 2.75) is 0 Å². The highest BCUT2D eigenvalue weighted by atomic mass is 127. The van der Waals surface area contributed by atoms with Gasteiger partial charge in [0.05, 0.1) is 10.5 Å². The fourth-order valence-corrected chi connectivity index (χ4v) is 2.07. The van der Waals surface area contributed by atoms with E-state index in [2.05, 4.69) is 38.1 Å². The molecule has 0 spiro atoms. The van der Waals surface area contributed by atoms with Gasteiger partial charge in [-0.15, -0.1) is 10.2 Å². The zero-order chi connectivity index (χ0) is 11.7. The van der Waals surface area contributed by atoms with E-state index in [-0.39, 0.29) is 11.6 Å². The van der Waals surface area contributed by atoms with Gasteiger partial charge in [-0.1, -0.05) is 17.7 Å². The largest absolute Gasteiger partial charge is 0.354 e. The molecule has 0 unspecified atom stereocenters. The van der Waals surface area contributed by atoms with E-state index in [4.69, 9.17) is 11.6 Å². The number of hydrogen-bond donors (Lipinski definition) is 1. The van der Waals surface area contributed by atoms with Crippen molar-refractivity contribution in [1.29, 1.82) is 0 Å². The molecule has 6 heteroatoms. The zero-order valence-electron chi connectivity index (χ0n) is 8.29. The highest BCUT2D eigenvalue weighted by Crippen LogP contribution is 2.25. The summed E-state index contributed by atoms with van der Waals surface area (Å²) in [5.41, 5.74) is 0.836. The molecule has 0 fully saturated rings. The third-order valence-corrected chi connectivity index (χ3v) is 3.16. The van der Waals surface area contributed by atoms with Crippen molar-refractivity contribution >= 4 is 51.0 Å². The summed E-state index contributed by atoms with van der Waals surface area (Å²) in [4.78, 5) is 11.4. The van der Waals surface area contributed by atoms with Crippen LogP contribution in [0.1, 0.15) is 10.5 Å². The molecule has 16 heavy (non-hydrogen) atoms. The van der Waals surface area contributed by atoms with Crippen LogP contribution in [0.4, 0.5) is 0 Å². The molecule has 0 atom stereocenters. The molecule has 4 nitrogen and oxygen atoms in total. The molecule has 2 rings (SSSR count). The van der Waals surface area contributed by atoms with Crippen molar-refractivity contribution in [3.05, 3.63) is 32.5 Å². The minimum Gasteiger partial charge on any atom is -0.354 e. The first-order valence-electron chi connectivity index (χ1n) is 4.47. The standard InChI is InChI=1S/C10H7ClIN3O/c1-13-10(16)9-8(11)6-3-2-5(12)4-7(6)14-15-9/h2-4H,1H3,(H,13,16). The number of nitrogens with one attached hydrogen (secondary N) is 1. The monoisotopic (exact) mass is 347 g/mol. The summed E-state index contributed by atoms with van der Waals surface area (Å²) in [6.45, 7) is 0. The van der Waals surface area contributed by atoms with Crippen molar-refractivity contribution in [2.24, 2.45) is 0 Å². The third-order valence-electron chi connectivity index (χ3n) is 2.10. The van der Waals surface area contributed by atoms with Crippen LogP contribution in [0.15, 0.2) is 18.2 Å². The first-order valence-corrected chi connectivity index (χ1v) is 5.92. The molecule has 1 aromatic carbocycles. The number of carbonyl (C=O) groups excluding carboxylic acids is 1. The van der Waals surface area contributed by atoms with Crippen molar-refractivity contribution in [1.82, 2.24) is 15.5 Å². The molecule has 0 saturated carbocycles. The molecule has 1 N–H and O–H groups in total. The summed E-state index contributed by atoms with van der Waals surface area (Å²) in [7, 11) is 1.53. The summed E-state index contributed by atoms with van der Waals surface area (Å²) in [5, 5.41) is 11.3. The Morgan fingerprint density at radius 1 is 1.44 bits per heavy atom. The smallest absolute Gasteiger partial charge is 0.273 e. The fourth-order valence-electron chi connectivity index (χ4n) is 1.31. The van der Waals surface area contributed by atoms with Gasteiger partial charge in [0, 0.05) is 16.0 Å². The number of aromatic nitrogens is 2. The van der Waals surface area contributed by atoms with Crippen LogP contribution in [0, 0.1) is 3.57 Å². The van der Waals surface area contributed by atoms with E-state index in [0.717, 1.165) is 8.96 Å². The maximum absolute atomic E-state index is 11.4. The van der Waals surface area contributed by atoms with E-state index in [1.807, 2.05) is 18.2 Å². The van der Waals surface area contributed by atoms with Crippen LogP contribution >= 0.6 is 34.2 Å². The average molecular weight is 348 g/mol. The Morgan fingerprint density at radius 3 is 2.88 bits per heavy atom. The molecule has 0 aliphatic carbocycles. The number of carbonyl (C=O) groups is 1. The van der Waals surface area contributed by atoms with Crippen molar-refractivity contribution in [3.63, 3.8) is 0 Å². The quantitative estimate of drug-likeness (QED) is 0.805. The number of amides is 1. The predicted molar refractivity (Wildman–Crippen MR) is 70.7 cm³/mol. The lowest BCUT2D eigenvalue weighted by atomic mass is 10.2. The second kappa shape index (κ2) is 4.50.